The monoisotopic (exact) mass is 318 g/mol. The van der Waals surface area contributed by atoms with Crippen LogP contribution in [0.15, 0.2) is 48.5 Å². The lowest BCUT2D eigenvalue weighted by Gasteiger charge is -2.25. The lowest BCUT2D eigenvalue weighted by molar-refractivity contribution is 0.441. The molecule has 1 aliphatic rings. The van der Waals surface area contributed by atoms with Crippen molar-refractivity contribution in [1.82, 2.24) is 5.32 Å². The first-order chi connectivity index (χ1) is 11.8. The summed E-state index contributed by atoms with van der Waals surface area (Å²) < 4.78 is 0. The van der Waals surface area contributed by atoms with Crippen LogP contribution in [0.5, 0.6) is 0 Å². The molecule has 1 atom stereocenters. The Kier molecular flexibility index (Phi) is 5.02. The van der Waals surface area contributed by atoms with Crippen molar-refractivity contribution in [3.05, 3.63) is 59.7 Å². The quantitative estimate of drug-likeness (QED) is 0.776. The van der Waals surface area contributed by atoms with E-state index in [-0.39, 0.29) is 0 Å². The van der Waals surface area contributed by atoms with Gasteiger partial charge in [0.1, 0.15) is 5.41 Å². The Bertz CT molecular complexity index is 696. The molecule has 2 aromatic carbocycles. The van der Waals surface area contributed by atoms with E-state index in [1.807, 2.05) is 7.05 Å². The number of rotatable bonds is 7. The average Bonchev–Trinajstić information content (AvgIpc) is 2.92. The predicted octanol–water partition coefficient (Wildman–Crippen LogP) is 5.04. The highest BCUT2D eigenvalue weighted by Gasteiger charge is 2.42. The van der Waals surface area contributed by atoms with E-state index in [1.165, 1.54) is 35.1 Å². The van der Waals surface area contributed by atoms with Crippen LogP contribution in [0.1, 0.15) is 50.2 Å². The highest BCUT2D eigenvalue weighted by molar-refractivity contribution is 5.82. The molecule has 2 nitrogen and oxygen atoms in total. The van der Waals surface area contributed by atoms with Crippen LogP contribution in [0.2, 0.25) is 0 Å². The SMILES string of the molecule is CCCC(CCCC1(C#N)c2ccccc2-c2ccccc21)NC. The van der Waals surface area contributed by atoms with Crippen molar-refractivity contribution in [2.45, 2.75) is 50.5 Å². The third-order valence-corrected chi connectivity index (χ3v) is 5.40. The first-order valence-corrected chi connectivity index (χ1v) is 9.04. The molecule has 0 radical (unpaired) electrons. The van der Waals surface area contributed by atoms with Gasteiger partial charge in [-0.3, -0.25) is 0 Å². The van der Waals surface area contributed by atoms with Gasteiger partial charge in [0.2, 0.25) is 0 Å². The molecule has 24 heavy (non-hydrogen) atoms. The van der Waals surface area contributed by atoms with Crippen molar-refractivity contribution in [3.8, 4) is 17.2 Å². The van der Waals surface area contributed by atoms with Crippen LogP contribution in [-0.2, 0) is 5.41 Å². The molecule has 2 heteroatoms. The summed E-state index contributed by atoms with van der Waals surface area (Å²) in [5.74, 6) is 0. The molecular weight excluding hydrogens is 292 g/mol. The summed E-state index contributed by atoms with van der Waals surface area (Å²) in [6.07, 6.45) is 5.46. The van der Waals surface area contributed by atoms with Crippen LogP contribution in [-0.4, -0.2) is 13.1 Å². The van der Waals surface area contributed by atoms with Crippen molar-refractivity contribution < 1.29 is 0 Å². The van der Waals surface area contributed by atoms with Gasteiger partial charge in [-0.2, -0.15) is 5.26 Å². The molecule has 0 heterocycles. The molecule has 0 bridgehead atoms. The Labute approximate surface area is 145 Å². The first-order valence-electron chi connectivity index (χ1n) is 9.04. The van der Waals surface area contributed by atoms with Crippen LogP contribution in [0, 0.1) is 11.3 Å². The highest BCUT2D eigenvalue weighted by atomic mass is 14.9. The highest BCUT2D eigenvalue weighted by Crippen LogP contribution is 2.50. The molecule has 1 N–H and O–H groups in total. The van der Waals surface area contributed by atoms with E-state index in [9.17, 15) is 5.26 Å². The van der Waals surface area contributed by atoms with Gasteiger partial charge in [-0.05, 0) is 55.0 Å². The molecule has 1 unspecified atom stereocenters. The second-order valence-corrected chi connectivity index (χ2v) is 6.77. The minimum Gasteiger partial charge on any atom is -0.317 e. The number of nitriles is 1. The Morgan fingerprint density at radius 2 is 1.58 bits per heavy atom. The summed E-state index contributed by atoms with van der Waals surface area (Å²) in [4.78, 5) is 0. The fourth-order valence-electron chi connectivity index (χ4n) is 4.17. The van der Waals surface area contributed by atoms with Gasteiger partial charge in [0.15, 0.2) is 0 Å². The van der Waals surface area contributed by atoms with Crippen LogP contribution in [0.4, 0.5) is 0 Å². The van der Waals surface area contributed by atoms with Gasteiger partial charge in [0.05, 0.1) is 6.07 Å². The van der Waals surface area contributed by atoms with Gasteiger partial charge >= 0.3 is 0 Å². The zero-order valence-electron chi connectivity index (χ0n) is 14.7. The molecule has 0 amide bonds. The second kappa shape index (κ2) is 7.20. The van der Waals surface area contributed by atoms with Crippen LogP contribution < -0.4 is 5.32 Å². The molecule has 0 spiro atoms. The summed E-state index contributed by atoms with van der Waals surface area (Å²) >= 11 is 0. The molecule has 0 fully saturated rings. The van der Waals surface area contributed by atoms with E-state index < -0.39 is 5.41 Å². The van der Waals surface area contributed by atoms with Crippen molar-refractivity contribution in [2.75, 3.05) is 7.05 Å². The standard InChI is InChI=1S/C22H26N2/c1-3-9-17(24-2)10-8-15-22(16-23)20-13-6-4-11-18(20)19-12-5-7-14-21(19)22/h4-7,11-14,17,24H,3,8-10,15H2,1-2H3. The van der Waals surface area contributed by atoms with E-state index in [4.69, 9.17) is 0 Å². The van der Waals surface area contributed by atoms with E-state index in [0.29, 0.717) is 6.04 Å². The van der Waals surface area contributed by atoms with Gasteiger partial charge in [-0.15, -0.1) is 0 Å². The van der Waals surface area contributed by atoms with Gasteiger partial charge in [0, 0.05) is 6.04 Å². The van der Waals surface area contributed by atoms with E-state index in [1.54, 1.807) is 0 Å². The molecule has 0 saturated carbocycles. The van der Waals surface area contributed by atoms with Gasteiger partial charge in [0.25, 0.3) is 0 Å². The van der Waals surface area contributed by atoms with E-state index in [2.05, 4.69) is 66.8 Å². The number of benzene rings is 2. The third-order valence-electron chi connectivity index (χ3n) is 5.40. The molecule has 2 aromatic rings. The Hall–Kier alpha value is -2.11. The third kappa shape index (κ3) is 2.74. The van der Waals surface area contributed by atoms with Crippen molar-refractivity contribution in [2.24, 2.45) is 0 Å². The molecule has 0 saturated heterocycles. The fourth-order valence-corrected chi connectivity index (χ4v) is 4.17. The molecular formula is C22H26N2. The number of hydrogen-bond acceptors (Lipinski definition) is 2. The summed E-state index contributed by atoms with van der Waals surface area (Å²) in [5, 5.41) is 13.6. The number of fused-ring (bicyclic) bond motifs is 3. The van der Waals surface area contributed by atoms with Crippen LogP contribution in [0.25, 0.3) is 11.1 Å². The second-order valence-electron chi connectivity index (χ2n) is 6.77. The summed E-state index contributed by atoms with van der Waals surface area (Å²) in [6, 6.07) is 20.1. The molecule has 0 aromatic heterocycles. The van der Waals surface area contributed by atoms with Crippen LogP contribution in [0.3, 0.4) is 0 Å². The smallest absolute Gasteiger partial charge is 0.108 e. The number of hydrogen-bond donors (Lipinski definition) is 1. The first kappa shape index (κ1) is 16.7. The zero-order valence-corrected chi connectivity index (χ0v) is 14.7. The zero-order chi connectivity index (χ0) is 17.0. The van der Waals surface area contributed by atoms with Crippen LogP contribution >= 0.6 is 0 Å². The predicted molar refractivity (Wildman–Crippen MR) is 99.9 cm³/mol. The molecule has 124 valence electrons. The van der Waals surface area contributed by atoms with Crippen molar-refractivity contribution in [3.63, 3.8) is 0 Å². The maximum Gasteiger partial charge on any atom is 0.108 e. The minimum absolute atomic E-state index is 0.488. The molecule has 0 aliphatic heterocycles. The minimum atomic E-state index is -0.488. The number of nitrogens with one attached hydrogen (secondary N) is 1. The molecule has 1 aliphatic carbocycles. The topological polar surface area (TPSA) is 35.8 Å². The maximum atomic E-state index is 10.2. The summed E-state index contributed by atoms with van der Waals surface area (Å²) in [5.41, 5.74) is 4.34. The Morgan fingerprint density at radius 1 is 1.00 bits per heavy atom. The van der Waals surface area contributed by atoms with E-state index in [0.717, 1.165) is 19.3 Å². The summed E-state index contributed by atoms with van der Waals surface area (Å²) in [7, 11) is 2.04. The van der Waals surface area contributed by atoms with Gasteiger partial charge in [-0.1, -0.05) is 61.9 Å². The maximum absolute atomic E-state index is 10.2. The number of nitrogens with zero attached hydrogens (tertiary/aromatic N) is 1. The van der Waals surface area contributed by atoms with Gasteiger partial charge in [-0.25, -0.2) is 0 Å². The lowest BCUT2D eigenvalue weighted by Crippen LogP contribution is -2.27. The average molecular weight is 318 g/mol. The summed E-state index contributed by atoms with van der Waals surface area (Å²) in [6.45, 7) is 2.23. The van der Waals surface area contributed by atoms with Crippen molar-refractivity contribution in [1.29, 1.82) is 5.26 Å². The largest absolute Gasteiger partial charge is 0.317 e. The van der Waals surface area contributed by atoms with Gasteiger partial charge < -0.3 is 5.32 Å². The normalized spacial score (nSPS) is 15.4. The Morgan fingerprint density at radius 3 is 2.08 bits per heavy atom. The fraction of sp³-hybridized carbons (Fsp3) is 0.409. The van der Waals surface area contributed by atoms with Crippen molar-refractivity contribution >= 4 is 0 Å². The Balaban J connectivity index is 1.90. The van der Waals surface area contributed by atoms with E-state index >= 15 is 0 Å². The lowest BCUT2D eigenvalue weighted by atomic mass is 9.75. The molecule has 3 rings (SSSR count).